The number of aryl methyl sites for hydroxylation is 1. The van der Waals surface area contributed by atoms with Gasteiger partial charge in [0.15, 0.2) is 0 Å². The van der Waals surface area contributed by atoms with Gasteiger partial charge in [0.25, 0.3) is 6.43 Å². The van der Waals surface area contributed by atoms with Crippen LogP contribution in [0.25, 0.3) is 11.1 Å². The molecule has 2 aromatic heterocycles. The van der Waals surface area contributed by atoms with Gasteiger partial charge in [0, 0.05) is 35.4 Å². The SMILES string of the molecule is Cc1cc(-c2cncc(C(F)F)c2)ccn1. The van der Waals surface area contributed by atoms with E-state index in [1.807, 2.05) is 13.0 Å². The molecule has 0 aromatic carbocycles. The van der Waals surface area contributed by atoms with Crippen LogP contribution < -0.4 is 0 Å². The minimum atomic E-state index is -2.49. The Labute approximate surface area is 92.0 Å². The average molecular weight is 220 g/mol. The molecular weight excluding hydrogens is 210 g/mol. The summed E-state index contributed by atoms with van der Waals surface area (Å²) in [7, 11) is 0. The first kappa shape index (κ1) is 10.7. The van der Waals surface area contributed by atoms with E-state index in [0.717, 1.165) is 11.3 Å². The van der Waals surface area contributed by atoms with Crippen molar-refractivity contribution >= 4 is 0 Å². The third kappa shape index (κ3) is 2.21. The maximum Gasteiger partial charge on any atom is 0.265 e. The highest BCUT2D eigenvalue weighted by Crippen LogP contribution is 2.24. The molecule has 2 nitrogen and oxygen atoms in total. The Morgan fingerprint density at radius 2 is 1.94 bits per heavy atom. The van der Waals surface area contributed by atoms with Crippen LogP contribution in [0.15, 0.2) is 36.8 Å². The summed E-state index contributed by atoms with van der Waals surface area (Å²) in [6.45, 7) is 1.86. The van der Waals surface area contributed by atoms with Crippen molar-refractivity contribution in [2.75, 3.05) is 0 Å². The molecule has 0 amide bonds. The van der Waals surface area contributed by atoms with Gasteiger partial charge < -0.3 is 0 Å². The van der Waals surface area contributed by atoms with Crippen LogP contribution in [0, 0.1) is 6.92 Å². The molecule has 2 heterocycles. The lowest BCUT2D eigenvalue weighted by molar-refractivity contribution is 0.151. The monoisotopic (exact) mass is 220 g/mol. The van der Waals surface area contributed by atoms with Crippen molar-refractivity contribution in [1.82, 2.24) is 9.97 Å². The van der Waals surface area contributed by atoms with Crippen LogP contribution in [0.2, 0.25) is 0 Å². The predicted molar refractivity (Wildman–Crippen MR) is 57.2 cm³/mol. The van der Waals surface area contributed by atoms with E-state index in [1.54, 1.807) is 18.5 Å². The van der Waals surface area contributed by atoms with Gasteiger partial charge >= 0.3 is 0 Å². The van der Waals surface area contributed by atoms with Gasteiger partial charge in [-0.15, -0.1) is 0 Å². The Morgan fingerprint density at radius 1 is 1.12 bits per heavy atom. The molecule has 82 valence electrons. The molecule has 0 aliphatic rings. The molecule has 0 N–H and O–H groups in total. The first-order chi connectivity index (χ1) is 7.66. The first-order valence-corrected chi connectivity index (χ1v) is 4.83. The number of halogens is 2. The Balaban J connectivity index is 2.44. The van der Waals surface area contributed by atoms with Crippen molar-refractivity contribution in [3.63, 3.8) is 0 Å². The van der Waals surface area contributed by atoms with Crippen LogP contribution in [0.3, 0.4) is 0 Å². The van der Waals surface area contributed by atoms with Crippen molar-refractivity contribution in [3.05, 3.63) is 48.0 Å². The minimum Gasteiger partial charge on any atom is -0.264 e. The van der Waals surface area contributed by atoms with E-state index < -0.39 is 6.43 Å². The molecule has 0 atom stereocenters. The highest BCUT2D eigenvalue weighted by atomic mass is 19.3. The summed E-state index contributed by atoms with van der Waals surface area (Å²) in [5, 5.41) is 0. The van der Waals surface area contributed by atoms with Gasteiger partial charge in [-0.2, -0.15) is 0 Å². The first-order valence-electron chi connectivity index (χ1n) is 4.83. The second kappa shape index (κ2) is 4.35. The van der Waals surface area contributed by atoms with Crippen molar-refractivity contribution in [3.8, 4) is 11.1 Å². The Hall–Kier alpha value is -1.84. The molecule has 16 heavy (non-hydrogen) atoms. The zero-order chi connectivity index (χ0) is 11.5. The third-order valence-electron chi connectivity index (χ3n) is 2.24. The topological polar surface area (TPSA) is 25.8 Å². The van der Waals surface area contributed by atoms with Gasteiger partial charge in [-0.05, 0) is 30.7 Å². The average Bonchev–Trinajstić information content (AvgIpc) is 2.29. The van der Waals surface area contributed by atoms with Gasteiger partial charge in [-0.3, -0.25) is 9.97 Å². The Kier molecular flexibility index (Phi) is 2.90. The lowest BCUT2D eigenvalue weighted by Gasteiger charge is -2.04. The summed E-state index contributed by atoms with van der Waals surface area (Å²) >= 11 is 0. The number of aromatic nitrogens is 2. The van der Waals surface area contributed by atoms with E-state index in [2.05, 4.69) is 9.97 Å². The van der Waals surface area contributed by atoms with Gasteiger partial charge in [0.1, 0.15) is 0 Å². The maximum atomic E-state index is 12.5. The molecule has 0 saturated heterocycles. The molecule has 2 rings (SSSR count). The molecule has 0 aliphatic carbocycles. The second-order valence-electron chi connectivity index (χ2n) is 3.49. The molecule has 0 bridgehead atoms. The summed E-state index contributed by atoms with van der Waals surface area (Å²) < 4.78 is 25.0. The quantitative estimate of drug-likeness (QED) is 0.775. The number of nitrogens with zero attached hydrogens (tertiary/aromatic N) is 2. The van der Waals surface area contributed by atoms with Gasteiger partial charge in [0.2, 0.25) is 0 Å². The summed E-state index contributed by atoms with van der Waals surface area (Å²) in [4.78, 5) is 7.87. The van der Waals surface area contributed by atoms with Crippen molar-refractivity contribution < 1.29 is 8.78 Å². The van der Waals surface area contributed by atoms with Gasteiger partial charge in [0.05, 0.1) is 0 Å². The Bertz CT molecular complexity index is 498. The van der Waals surface area contributed by atoms with E-state index in [9.17, 15) is 8.78 Å². The largest absolute Gasteiger partial charge is 0.265 e. The van der Waals surface area contributed by atoms with E-state index >= 15 is 0 Å². The lowest BCUT2D eigenvalue weighted by atomic mass is 10.1. The normalized spacial score (nSPS) is 10.8. The molecule has 0 unspecified atom stereocenters. The highest BCUT2D eigenvalue weighted by Gasteiger charge is 2.08. The zero-order valence-electron chi connectivity index (χ0n) is 8.69. The molecule has 0 radical (unpaired) electrons. The summed E-state index contributed by atoms with van der Waals surface area (Å²) in [5.41, 5.74) is 2.32. The van der Waals surface area contributed by atoms with E-state index in [4.69, 9.17) is 0 Å². The summed E-state index contributed by atoms with van der Waals surface area (Å²) in [6, 6.07) is 5.07. The fraction of sp³-hybridized carbons (Fsp3) is 0.167. The van der Waals surface area contributed by atoms with E-state index in [1.165, 1.54) is 12.3 Å². The molecule has 0 spiro atoms. The number of hydrogen-bond acceptors (Lipinski definition) is 2. The summed E-state index contributed by atoms with van der Waals surface area (Å²) in [5.74, 6) is 0. The van der Waals surface area contributed by atoms with Crippen molar-refractivity contribution in [1.29, 1.82) is 0 Å². The lowest BCUT2D eigenvalue weighted by Crippen LogP contribution is -1.89. The smallest absolute Gasteiger partial charge is 0.264 e. The minimum absolute atomic E-state index is 0.0630. The van der Waals surface area contributed by atoms with Gasteiger partial charge in [-0.1, -0.05) is 0 Å². The van der Waals surface area contributed by atoms with Crippen LogP contribution >= 0.6 is 0 Å². The van der Waals surface area contributed by atoms with Gasteiger partial charge in [-0.25, -0.2) is 8.78 Å². The predicted octanol–water partition coefficient (Wildman–Crippen LogP) is 3.39. The molecule has 2 aromatic rings. The fourth-order valence-electron chi connectivity index (χ4n) is 1.46. The van der Waals surface area contributed by atoms with Crippen LogP contribution in [-0.2, 0) is 0 Å². The maximum absolute atomic E-state index is 12.5. The molecule has 0 fully saturated rings. The highest BCUT2D eigenvalue weighted by molar-refractivity contribution is 5.63. The Morgan fingerprint density at radius 3 is 2.62 bits per heavy atom. The van der Waals surface area contributed by atoms with Crippen LogP contribution in [0.1, 0.15) is 17.7 Å². The van der Waals surface area contributed by atoms with Crippen molar-refractivity contribution in [2.24, 2.45) is 0 Å². The standard InChI is InChI=1S/C12H10F2N2/c1-8-4-9(2-3-16-8)10-5-11(12(13)14)7-15-6-10/h2-7,12H,1H3. The van der Waals surface area contributed by atoms with Crippen LogP contribution in [0.4, 0.5) is 8.78 Å². The molecule has 0 saturated carbocycles. The van der Waals surface area contributed by atoms with Crippen LogP contribution in [0.5, 0.6) is 0 Å². The number of hydrogen-bond donors (Lipinski definition) is 0. The van der Waals surface area contributed by atoms with Crippen LogP contribution in [-0.4, -0.2) is 9.97 Å². The number of alkyl halides is 2. The number of rotatable bonds is 2. The molecule has 0 aliphatic heterocycles. The van der Waals surface area contributed by atoms with E-state index in [0.29, 0.717) is 5.56 Å². The second-order valence-corrected chi connectivity index (χ2v) is 3.49. The molecule has 4 heteroatoms. The number of pyridine rings is 2. The van der Waals surface area contributed by atoms with E-state index in [-0.39, 0.29) is 5.56 Å². The van der Waals surface area contributed by atoms with Crippen molar-refractivity contribution in [2.45, 2.75) is 13.3 Å². The fourth-order valence-corrected chi connectivity index (χ4v) is 1.46. The summed E-state index contributed by atoms with van der Waals surface area (Å²) in [6.07, 6.45) is 1.91. The third-order valence-corrected chi connectivity index (χ3v) is 2.24. The molecular formula is C12H10F2N2. The zero-order valence-corrected chi connectivity index (χ0v) is 8.69.